The summed E-state index contributed by atoms with van der Waals surface area (Å²) in [6, 6.07) is 3.41. The topological polar surface area (TPSA) is 38.3 Å². The SMILES string of the molecule is Cc1cc(OCC(=O)NCC(F)(F)F)cc(C)c1Br. The lowest BCUT2D eigenvalue weighted by Crippen LogP contribution is -2.36. The molecule has 0 aliphatic heterocycles. The third-order valence-corrected chi connectivity index (χ3v) is 3.52. The Bertz CT molecular complexity index is 452. The Morgan fingerprint density at radius 2 is 1.84 bits per heavy atom. The number of ether oxygens (including phenoxy) is 1. The molecule has 0 saturated carbocycles. The van der Waals surface area contributed by atoms with E-state index in [1.165, 1.54) is 0 Å². The summed E-state index contributed by atoms with van der Waals surface area (Å²) in [5, 5.41) is 1.74. The predicted molar refractivity (Wildman–Crippen MR) is 68.2 cm³/mol. The summed E-state index contributed by atoms with van der Waals surface area (Å²) in [6.45, 7) is 1.91. The molecule has 0 aliphatic carbocycles. The molecule has 1 rings (SSSR count). The minimum atomic E-state index is -4.42. The molecule has 0 radical (unpaired) electrons. The number of hydrogen-bond acceptors (Lipinski definition) is 2. The van der Waals surface area contributed by atoms with E-state index >= 15 is 0 Å². The first-order valence-corrected chi connectivity index (χ1v) is 6.21. The van der Waals surface area contributed by atoms with Crippen LogP contribution in [0.2, 0.25) is 0 Å². The van der Waals surface area contributed by atoms with E-state index in [-0.39, 0.29) is 0 Å². The van der Waals surface area contributed by atoms with E-state index in [0.717, 1.165) is 15.6 Å². The molecule has 1 amide bonds. The number of hydrogen-bond donors (Lipinski definition) is 1. The van der Waals surface area contributed by atoms with Crippen molar-refractivity contribution < 1.29 is 22.7 Å². The van der Waals surface area contributed by atoms with Gasteiger partial charge in [0.25, 0.3) is 5.91 Å². The second kappa shape index (κ2) is 6.27. The fourth-order valence-corrected chi connectivity index (χ4v) is 1.62. The zero-order valence-electron chi connectivity index (χ0n) is 10.4. The Morgan fingerprint density at radius 3 is 2.32 bits per heavy atom. The van der Waals surface area contributed by atoms with Crippen LogP contribution in [-0.4, -0.2) is 25.2 Å². The molecular weight excluding hydrogens is 327 g/mol. The van der Waals surface area contributed by atoms with Crippen molar-refractivity contribution in [1.29, 1.82) is 0 Å². The summed E-state index contributed by atoms with van der Waals surface area (Å²) in [6.07, 6.45) is -4.42. The number of alkyl halides is 3. The summed E-state index contributed by atoms with van der Waals surface area (Å²) in [5.41, 5.74) is 1.84. The van der Waals surface area contributed by atoms with Crippen LogP contribution in [0.15, 0.2) is 16.6 Å². The lowest BCUT2D eigenvalue weighted by Gasteiger charge is -2.11. The molecule has 3 nitrogen and oxygen atoms in total. The Balaban J connectivity index is 2.51. The van der Waals surface area contributed by atoms with E-state index in [1.54, 1.807) is 17.4 Å². The standard InChI is InChI=1S/C12H13BrF3NO2/c1-7-3-9(4-8(2)11(7)13)19-5-10(18)17-6-12(14,15)16/h3-4H,5-6H2,1-2H3,(H,17,18). The molecule has 1 aromatic carbocycles. The van der Waals surface area contributed by atoms with Gasteiger partial charge in [0.15, 0.2) is 6.61 Å². The largest absolute Gasteiger partial charge is 0.484 e. The highest BCUT2D eigenvalue weighted by atomic mass is 79.9. The number of halogens is 4. The van der Waals surface area contributed by atoms with Crippen LogP contribution < -0.4 is 10.1 Å². The van der Waals surface area contributed by atoms with Crippen LogP contribution in [0.4, 0.5) is 13.2 Å². The van der Waals surface area contributed by atoms with Crippen molar-refractivity contribution in [2.45, 2.75) is 20.0 Å². The fraction of sp³-hybridized carbons (Fsp3) is 0.417. The molecule has 0 atom stereocenters. The number of benzene rings is 1. The smallest absolute Gasteiger partial charge is 0.405 e. The van der Waals surface area contributed by atoms with E-state index in [9.17, 15) is 18.0 Å². The van der Waals surface area contributed by atoms with E-state index in [0.29, 0.717) is 5.75 Å². The third kappa shape index (κ3) is 5.50. The van der Waals surface area contributed by atoms with Gasteiger partial charge < -0.3 is 10.1 Å². The number of carbonyl (C=O) groups excluding carboxylic acids is 1. The molecule has 0 saturated heterocycles. The summed E-state index contributed by atoms with van der Waals surface area (Å²) < 4.78 is 41.7. The number of nitrogens with one attached hydrogen (secondary N) is 1. The fourth-order valence-electron chi connectivity index (χ4n) is 1.39. The molecule has 0 bridgehead atoms. The Hall–Kier alpha value is -1.24. The monoisotopic (exact) mass is 339 g/mol. The van der Waals surface area contributed by atoms with Crippen LogP contribution in [0.1, 0.15) is 11.1 Å². The zero-order valence-corrected chi connectivity index (χ0v) is 12.0. The third-order valence-electron chi connectivity index (χ3n) is 2.27. The van der Waals surface area contributed by atoms with Gasteiger partial charge in [0.2, 0.25) is 0 Å². The normalized spacial score (nSPS) is 11.3. The van der Waals surface area contributed by atoms with Gasteiger partial charge in [-0.15, -0.1) is 0 Å². The highest BCUT2D eigenvalue weighted by Crippen LogP contribution is 2.26. The summed E-state index contributed by atoms with van der Waals surface area (Å²) in [5.74, 6) is -0.365. The second-order valence-corrected chi connectivity index (χ2v) is 4.84. The van der Waals surface area contributed by atoms with Crippen molar-refractivity contribution in [2.24, 2.45) is 0 Å². The number of carbonyl (C=O) groups is 1. The Morgan fingerprint density at radius 1 is 1.32 bits per heavy atom. The van der Waals surface area contributed by atoms with Crippen LogP contribution in [-0.2, 0) is 4.79 Å². The van der Waals surface area contributed by atoms with Crippen molar-refractivity contribution in [3.8, 4) is 5.75 Å². The van der Waals surface area contributed by atoms with Gasteiger partial charge >= 0.3 is 6.18 Å². The zero-order chi connectivity index (χ0) is 14.6. The van der Waals surface area contributed by atoms with E-state index < -0.39 is 25.2 Å². The molecule has 0 unspecified atom stereocenters. The lowest BCUT2D eigenvalue weighted by atomic mass is 10.1. The summed E-state index contributed by atoms with van der Waals surface area (Å²) >= 11 is 3.38. The van der Waals surface area contributed by atoms with Gasteiger partial charge in [-0.25, -0.2) is 0 Å². The number of aryl methyl sites for hydroxylation is 2. The molecule has 1 N–H and O–H groups in total. The van der Waals surface area contributed by atoms with Crippen LogP contribution >= 0.6 is 15.9 Å². The van der Waals surface area contributed by atoms with E-state index in [1.807, 2.05) is 13.8 Å². The van der Waals surface area contributed by atoms with Crippen molar-refractivity contribution in [1.82, 2.24) is 5.32 Å². The molecule has 0 aromatic heterocycles. The average molecular weight is 340 g/mol. The van der Waals surface area contributed by atoms with Crippen LogP contribution in [0.5, 0.6) is 5.75 Å². The molecule has 1 aromatic rings. The van der Waals surface area contributed by atoms with Gasteiger partial charge in [0.05, 0.1) is 0 Å². The molecule has 0 aliphatic rings. The molecule has 106 valence electrons. The highest BCUT2D eigenvalue weighted by molar-refractivity contribution is 9.10. The van der Waals surface area contributed by atoms with Gasteiger partial charge in [-0.3, -0.25) is 4.79 Å². The molecule has 0 fully saturated rings. The van der Waals surface area contributed by atoms with E-state index in [4.69, 9.17) is 4.74 Å². The van der Waals surface area contributed by atoms with Gasteiger partial charge in [-0.1, -0.05) is 15.9 Å². The van der Waals surface area contributed by atoms with Crippen LogP contribution in [0.3, 0.4) is 0 Å². The van der Waals surface area contributed by atoms with Crippen molar-refractivity contribution >= 4 is 21.8 Å². The number of rotatable bonds is 4. The predicted octanol–water partition coefficient (Wildman–Crippen LogP) is 3.12. The Kier molecular flexibility index (Phi) is 5.22. The van der Waals surface area contributed by atoms with Gasteiger partial charge in [-0.2, -0.15) is 13.2 Å². The van der Waals surface area contributed by atoms with Gasteiger partial charge in [-0.05, 0) is 37.1 Å². The van der Waals surface area contributed by atoms with Crippen LogP contribution in [0.25, 0.3) is 0 Å². The van der Waals surface area contributed by atoms with Crippen molar-refractivity contribution in [2.75, 3.05) is 13.2 Å². The molecule has 0 heterocycles. The molecule has 19 heavy (non-hydrogen) atoms. The molecule has 7 heteroatoms. The summed E-state index contributed by atoms with van der Waals surface area (Å²) in [4.78, 5) is 11.2. The Labute approximate surface area is 117 Å². The first-order valence-electron chi connectivity index (χ1n) is 5.42. The number of amides is 1. The quantitative estimate of drug-likeness (QED) is 0.915. The summed E-state index contributed by atoms with van der Waals surface area (Å²) in [7, 11) is 0. The first kappa shape index (κ1) is 15.8. The minimum absolute atomic E-state index is 0.445. The molecular formula is C12H13BrF3NO2. The van der Waals surface area contributed by atoms with E-state index in [2.05, 4.69) is 15.9 Å². The van der Waals surface area contributed by atoms with Crippen molar-refractivity contribution in [3.05, 3.63) is 27.7 Å². The maximum absolute atomic E-state index is 11.9. The van der Waals surface area contributed by atoms with Crippen LogP contribution in [0, 0.1) is 13.8 Å². The maximum atomic E-state index is 11.9. The van der Waals surface area contributed by atoms with Gasteiger partial charge in [0.1, 0.15) is 12.3 Å². The highest BCUT2D eigenvalue weighted by Gasteiger charge is 2.27. The average Bonchev–Trinajstić information content (AvgIpc) is 2.29. The second-order valence-electron chi connectivity index (χ2n) is 4.05. The lowest BCUT2D eigenvalue weighted by molar-refractivity contribution is -0.139. The van der Waals surface area contributed by atoms with Crippen molar-refractivity contribution in [3.63, 3.8) is 0 Å². The minimum Gasteiger partial charge on any atom is -0.484 e. The van der Waals surface area contributed by atoms with Gasteiger partial charge in [0, 0.05) is 4.47 Å². The molecule has 0 spiro atoms. The maximum Gasteiger partial charge on any atom is 0.405 e. The first-order chi connectivity index (χ1) is 8.69.